The number of hydrogen-bond acceptors (Lipinski definition) is 3. The van der Waals surface area contributed by atoms with E-state index in [1.807, 2.05) is 13.0 Å². The van der Waals surface area contributed by atoms with Crippen molar-refractivity contribution in [1.29, 1.82) is 0 Å². The molecule has 1 amide bonds. The molecule has 1 aromatic rings. The van der Waals surface area contributed by atoms with Gasteiger partial charge in [-0.3, -0.25) is 9.78 Å². The van der Waals surface area contributed by atoms with Crippen LogP contribution in [0.15, 0.2) is 41.6 Å². The first kappa shape index (κ1) is 10.1. The SMILES string of the molecule is C/C=C/C=N/NC(=O)c1ccccn1. The summed E-state index contributed by atoms with van der Waals surface area (Å²) in [7, 11) is 0. The second-order valence-electron chi connectivity index (χ2n) is 2.46. The van der Waals surface area contributed by atoms with E-state index in [9.17, 15) is 4.79 Å². The largest absolute Gasteiger partial charge is 0.289 e. The van der Waals surface area contributed by atoms with Gasteiger partial charge in [0, 0.05) is 12.4 Å². The van der Waals surface area contributed by atoms with Gasteiger partial charge in [0.15, 0.2) is 0 Å². The van der Waals surface area contributed by atoms with E-state index in [-0.39, 0.29) is 5.91 Å². The predicted octanol–water partition coefficient (Wildman–Crippen LogP) is 1.37. The van der Waals surface area contributed by atoms with E-state index in [1.165, 1.54) is 6.21 Å². The zero-order chi connectivity index (χ0) is 10.2. The number of carbonyl (C=O) groups is 1. The Morgan fingerprint density at radius 1 is 1.57 bits per heavy atom. The maximum absolute atomic E-state index is 11.3. The van der Waals surface area contributed by atoms with Crippen LogP contribution in [0.1, 0.15) is 17.4 Å². The lowest BCUT2D eigenvalue weighted by atomic mass is 10.3. The molecule has 0 aliphatic rings. The summed E-state index contributed by atoms with van der Waals surface area (Å²) in [5.41, 5.74) is 2.70. The fourth-order valence-corrected chi connectivity index (χ4v) is 0.779. The molecule has 0 aliphatic carbocycles. The molecule has 0 radical (unpaired) electrons. The normalized spacial score (nSPS) is 10.9. The van der Waals surface area contributed by atoms with E-state index in [0.717, 1.165) is 0 Å². The van der Waals surface area contributed by atoms with Crippen molar-refractivity contribution in [1.82, 2.24) is 10.4 Å². The van der Waals surface area contributed by atoms with Crippen LogP contribution in [0.2, 0.25) is 0 Å². The second kappa shape index (κ2) is 5.64. The molecule has 1 heterocycles. The number of pyridine rings is 1. The number of carbonyl (C=O) groups excluding carboxylic acids is 1. The molecule has 0 aromatic carbocycles. The molecule has 4 heteroatoms. The van der Waals surface area contributed by atoms with Crippen molar-refractivity contribution >= 4 is 12.1 Å². The van der Waals surface area contributed by atoms with Crippen LogP contribution in [-0.2, 0) is 0 Å². The van der Waals surface area contributed by atoms with Crippen LogP contribution in [-0.4, -0.2) is 17.1 Å². The lowest BCUT2D eigenvalue weighted by Gasteiger charge is -1.96. The van der Waals surface area contributed by atoms with Gasteiger partial charge in [-0.2, -0.15) is 5.10 Å². The molecule has 0 aliphatic heterocycles. The number of amides is 1. The highest BCUT2D eigenvalue weighted by Gasteiger charge is 2.02. The van der Waals surface area contributed by atoms with Crippen molar-refractivity contribution in [2.45, 2.75) is 6.92 Å². The molecule has 1 N–H and O–H groups in total. The minimum Gasteiger partial charge on any atom is -0.266 e. The van der Waals surface area contributed by atoms with Gasteiger partial charge in [0.2, 0.25) is 0 Å². The molecule has 1 aromatic heterocycles. The van der Waals surface area contributed by atoms with Gasteiger partial charge in [0.25, 0.3) is 5.91 Å². The Kier molecular flexibility index (Phi) is 4.07. The topological polar surface area (TPSA) is 54.4 Å². The Labute approximate surface area is 82.4 Å². The van der Waals surface area contributed by atoms with Crippen molar-refractivity contribution in [3.63, 3.8) is 0 Å². The molecule has 0 bridgehead atoms. The molecule has 0 unspecified atom stereocenters. The minimum absolute atomic E-state index is 0.314. The first-order chi connectivity index (χ1) is 6.84. The molecule has 0 atom stereocenters. The van der Waals surface area contributed by atoms with E-state index in [0.29, 0.717) is 5.69 Å². The van der Waals surface area contributed by atoms with Gasteiger partial charge < -0.3 is 0 Å². The molecule has 4 nitrogen and oxygen atoms in total. The quantitative estimate of drug-likeness (QED) is 0.576. The molecule has 0 fully saturated rings. The number of nitrogens with zero attached hydrogens (tertiary/aromatic N) is 2. The monoisotopic (exact) mass is 189 g/mol. The van der Waals surface area contributed by atoms with Gasteiger partial charge in [0.05, 0.1) is 0 Å². The minimum atomic E-state index is -0.314. The smallest absolute Gasteiger partial charge is 0.266 e. The van der Waals surface area contributed by atoms with Crippen LogP contribution in [0, 0.1) is 0 Å². The number of allylic oxidation sites excluding steroid dienone is 2. The highest BCUT2D eigenvalue weighted by molar-refractivity contribution is 5.92. The van der Waals surface area contributed by atoms with Crippen LogP contribution in [0.25, 0.3) is 0 Å². The van der Waals surface area contributed by atoms with Crippen LogP contribution in [0.4, 0.5) is 0 Å². The number of rotatable bonds is 3. The zero-order valence-corrected chi connectivity index (χ0v) is 7.84. The summed E-state index contributed by atoms with van der Waals surface area (Å²) in [4.78, 5) is 15.2. The van der Waals surface area contributed by atoms with Gasteiger partial charge in [-0.25, -0.2) is 5.43 Å². The predicted molar refractivity (Wildman–Crippen MR) is 55.0 cm³/mol. The zero-order valence-electron chi connectivity index (χ0n) is 7.84. The Morgan fingerprint density at radius 3 is 3.07 bits per heavy atom. The summed E-state index contributed by atoms with van der Waals surface area (Å²) in [6, 6.07) is 5.12. The third-order valence-corrected chi connectivity index (χ3v) is 1.42. The fourth-order valence-electron chi connectivity index (χ4n) is 0.779. The van der Waals surface area contributed by atoms with Gasteiger partial charge in [0.1, 0.15) is 5.69 Å². The van der Waals surface area contributed by atoms with E-state index in [1.54, 1.807) is 30.5 Å². The summed E-state index contributed by atoms with van der Waals surface area (Å²) < 4.78 is 0. The van der Waals surface area contributed by atoms with Crippen molar-refractivity contribution < 1.29 is 4.79 Å². The lowest BCUT2D eigenvalue weighted by Crippen LogP contribution is -2.18. The number of hydrogen-bond donors (Lipinski definition) is 1. The maximum Gasteiger partial charge on any atom is 0.289 e. The average Bonchev–Trinajstić information content (AvgIpc) is 2.25. The summed E-state index contributed by atoms with van der Waals surface area (Å²) in [5, 5.41) is 3.69. The Balaban J connectivity index is 2.52. The number of aromatic nitrogens is 1. The van der Waals surface area contributed by atoms with Crippen LogP contribution in [0.3, 0.4) is 0 Å². The molecule has 0 saturated carbocycles. The summed E-state index contributed by atoms with van der Waals surface area (Å²) >= 11 is 0. The second-order valence-corrected chi connectivity index (χ2v) is 2.46. The average molecular weight is 189 g/mol. The third kappa shape index (κ3) is 3.18. The first-order valence-electron chi connectivity index (χ1n) is 4.20. The summed E-state index contributed by atoms with van der Waals surface area (Å²) in [6.45, 7) is 1.87. The van der Waals surface area contributed by atoms with Gasteiger partial charge in [-0.1, -0.05) is 12.1 Å². The highest BCUT2D eigenvalue weighted by Crippen LogP contribution is 1.91. The van der Waals surface area contributed by atoms with Gasteiger partial charge in [-0.05, 0) is 25.1 Å². The lowest BCUT2D eigenvalue weighted by molar-refractivity contribution is 0.0950. The first-order valence-corrected chi connectivity index (χ1v) is 4.20. The fraction of sp³-hybridized carbons (Fsp3) is 0.100. The molecular weight excluding hydrogens is 178 g/mol. The molecule has 72 valence electrons. The molecular formula is C10H11N3O. The van der Waals surface area contributed by atoms with Crippen molar-refractivity contribution in [2.24, 2.45) is 5.10 Å². The van der Waals surface area contributed by atoms with Crippen LogP contribution >= 0.6 is 0 Å². The summed E-state index contributed by atoms with van der Waals surface area (Å²) in [6.07, 6.45) is 6.60. The van der Waals surface area contributed by atoms with E-state index in [4.69, 9.17) is 0 Å². The molecule has 14 heavy (non-hydrogen) atoms. The van der Waals surface area contributed by atoms with Crippen molar-refractivity contribution in [3.05, 3.63) is 42.2 Å². The molecule has 0 saturated heterocycles. The highest BCUT2D eigenvalue weighted by atomic mass is 16.2. The van der Waals surface area contributed by atoms with E-state index < -0.39 is 0 Å². The van der Waals surface area contributed by atoms with Gasteiger partial charge in [-0.15, -0.1) is 0 Å². The van der Waals surface area contributed by atoms with Crippen LogP contribution < -0.4 is 5.43 Å². The van der Waals surface area contributed by atoms with Crippen molar-refractivity contribution in [3.8, 4) is 0 Å². The Morgan fingerprint density at radius 2 is 2.43 bits per heavy atom. The van der Waals surface area contributed by atoms with Gasteiger partial charge >= 0.3 is 0 Å². The Bertz CT molecular complexity index is 344. The third-order valence-electron chi connectivity index (χ3n) is 1.42. The molecule has 0 spiro atoms. The molecule has 1 rings (SSSR count). The number of hydrazone groups is 1. The van der Waals surface area contributed by atoms with Crippen LogP contribution in [0.5, 0.6) is 0 Å². The Hall–Kier alpha value is -1.97. The number of nitrogens with one attached hydrogen (secondary N) is 1. The van der Waals surface area contributed by atoms with E-state index in [2.05, 4.69) is 15.5 Å². The standard InChI is InChI=1S/C10H11N3O/c1-2-3-8-12-13-10(14)9-6-4-5-7-11-9/h2-8H,1H3,(H,13,14)/b3-2+,12-8+. The maximum atomic E-state index is 11.3. The summed E-state index contributed by atoms with van der Waals surface area (Å²) in [5.74, 6) is -0.314. The van der Waals surface area contributed by atoms with E-state index >= 15 is 0 Å². The van der Waals surface area contributed by atoms with Crippen molar-refractivity contribution in [2.75, 3.05) is 0 Å².